The van der Waals surface area contributed by atoms with Crippen LogP contribution in [0.15, 0.2) is 23.0 Å². The van der Waals surface area contributed by atoms with Crippen molar-refractivity contribution in [3.05, 3.63) is 27.9 Å². The van der Waals surface area contributed by atoms with E-state index < -0.39 is 18.1 Å². The zero-order valence-electron chi connectivity index (χ0n) is 13.0. The van der Waals surface area contributed by atoms with Gasteiger partial charge in [-0.25, -0.2) is 4.79 Å². The Morgan fingerprint density at radius 3 is 2.61 bits per heavy atom. The number of cyclic esters (lactones) is 1. The molecule has 0 bridgehead atoms. The van der Waals surface area contributed by atoms with Gasteiger partial charge in [0.1, 0.15) is 0 Å². The Balaban J connectivity index is 2.04. The van der Waals surface area contributed by atoms with Crippen molar-refractivity contribution >= 4 is 39.2 Å². The number of anilines is 1. The molecule has 1 aliphatic heterocycles. The molecular formula is C15H17N3O4S. The van der Waals surface area contributed by atoms with E-state index in [0.717, 1.165) is 21.6 Å². The SMILES string of the molecule is CC(C)(C)n1c(=O)sc2cc(N3CC(C(N)=O)OC3=O)ccc21. The lowest BCUT2D eigenvalue weighted by molar-refractivity contribution is -0.124. The number of nitrogens with two attached hydrogens (primary N) is 1. The van der Waals surface area contributed by atoms with Gasteiger partial charge in [-0.15, -0.1) is 0 Å². The van der Waals surface area contributed by atoms with Crippen molar-refractivity contribution in [3.63, 3.8) is 0 Å². The minimum absolute atomic E-state index is 0.0522. The van der Waals surface area contributed by atoms with Crippen LogP contribution in [0, 0.1) is 0 Å². The molecule has 0 saturated carbocycles. The highest BCUT2D eigenvalue weighted by Crippen LogP contribution is 2.29. The molecule has 2 aromatic rings. The topological polar surface area (TPSA) is 94.6 Å². The van der Waals surface area contributed by atoms with Crippen LogP contribution >= 0.6 is 11.3 Å². The number of ether oxygens (including phenoxy) is 1. The van der Waals surface area contributed by atoms with Gasteiger partial charge >= 0.3 is 11.0 Å². The molecule has 23 heavy (non-hydrogen) atoms. The minimum Gasteiger partial charge on any atom is -0.434 e. The molecule has 0 radical (unpaired) electrons. The molecule has 3 rings (SSSR count). The summed E-state index contributed by atoms with van der Waals surface area (Å²) in [5.74, 6) is -0.675. The number of hydrogen-bond donors (Lipinski definition) is 1. The zero-order chi connectivity index (χ0) is 16.9. The van der Waals surface area contributed by atoms with Gasteiger partial charge in [0.25, 0.3) is 5.91 Å². The van der Waals surface area contributed by atoms with E-state index in [1.54, 1.807) is 22.8 Å². The van der Waals surface area contributed by atoms with Crippen molar-refractivity contribution in [2.45, 2.75) is 32.4 Å². The van der Waals surface area contributed by atoms with E-state index in [4.69, 9.17) is 10.5 Å². The molecule has 0 spiro atoms. The third kappa shape index (κ3) is 2.59. The molecule has 1 aromatic heterocycles. The fourth-order valence-corrected chi connectivity index (χ4v) is 3.73. The first-order chi connectivity index (χ1) is 10.7. The second kappa shape index (κ2) is 5.09. The zero-order valence-corrected chi connectivity index (χ0v) is 13.8. The smallest absolute Gasteiger partial charge is 0.415 e. The molecule has 1 atom stereocenters. The number of nitrogens with zero attached hydrogens (tertiary/aromatic N) is 2. The van der Waals surface area contributed by atoms with Crippen LogP contribution in [0.4, 0.5) is 10.5 Å². The second-order valence-corrected chi connectivity index (χ2v) is 7.40. The fourth-order valence-electron chi connectivity index (χ4n) is 2.63. The van der Waals surface area contributed by atoms with E-state index in [0.29, 0.717) is 5.69 Å². The molecule has 1 aromatic carbocycles. The molecule has 1 unspecified atom stereocenters. The first-order valence-electron chi connectivity index (χ1n) is 7.12. The van der Waals surface area contributed by atoms with Crippen molar-refractivity contribution < 1.29 is 14.3 Å². The van der Waals surface area contributed by atoms with E-state index in [1.165, 1.54) is 4.90 Å². The van der Waals surface area contributed by atoms with E-state index in [2.05, 4.69) is 0 Å². The highest BCUT2D eigenvalue weighted by atomic mass is 32.1. The number of carbonyl (C=O) groups excluding carboxylic acids is 2. The number of aromatic nitrogens is 1. The molecule has 2 heterocycles. The number of carbonyl (C=O) groups is 2. The molecule has 8 heteroatoms. The molecule has 1 fully saturated rings. The maximum absolute atomic E-state index is 12.2. The van der Waals surface area contributed by atoms with Gasteiger partial charge in [-0.1, -0.05) is 11.3 Å². The normalized spacial score (nSPS) is 18.5. The van der Waals surface area contributed by atoms with E-state index in [9.17, 15) is 14.4 Å². The number of amides is 2. The highest BCUT2D eigenvalue weighted by molar-refractivity contribution is 7.16. The van der Waals surface area contributed by atoms with E-state index >= 15 is 0 Å². The van der Waals surface area contributed by atoms with Gasteiger partial charge in [0.15, 0.2) is 6.10 Å². The summed E-state index contributed by atoms with van der Waals surface area (Å²) in [5.41, 5.74) is 6.24. The van der Waals surface area contributed by atoms with Gasteiger partial charge in [0.2, 0.25) is 0 Å². The van der Waals surface area contributed by atoms with Gasteiger partial charge in [0, 0.05) is 11.2 Å². The summed E-state index contributed by atoms with van der Waals surface area (Å²) in [6, 6.07) is 5.30. The highest BCUT2D eigenvalue weighted by Gasteiger charge is 2.36. The summed E-state index contributed by atoms with van der Waals surface area (Å²) in [6.45, 7) is 5.96. The van der Waals surface area contributed by atoms with Crippen LogP contribution in [0.1, 0.15) is 20.8 Å². The van der Waals surface area contributed by atoms with Crippen molar-refractivity contribution in [3.8, 4) is 0 Å². The Labute approximate surface area is 136 Å². The molecule has 122 valence electrons. The Morgan fingerprint density at radius 2 is 2.04 bits per heavy atom. The Morgan fingerprint density at radius 1 is 1.35 bits per heavy atom. The van der Waals surface area contributed by atoms with Gasteiger partial charge in [-0.2, -0.15) is 0 Å². The van der Waals surface area contributed by atoms with Crippen molar-refractivity contribution in [1.82, 2.24) is 4.57 Å². The van der Waals surface area contributed by atoms with Crippen LogP contribution in [-0.2, 0) is 15.1 Å². The molecule has 2 amide bonds. The van der Waals surface area contributed by atoms with E-state index in [-0.39, 0.29) is 17.0 Å². The van der Waals surface area contributed by atoms with Crippen molar-refractivity contribution in [1.29, 1.82) is 0 Å². The maximum atomic E-state index is 12.2. The van der Waals surface area contributed by atoms with Crippen LogP contribution < -0.4 is 15.5 Å². The quantitative estimate of drug-likeness (QED) is 0.902. The Kier molecular flexibility index (Phi) is 3.44. The number of primary amides is 1. The summed E-state index contributed by atoms with van der Waals surface area (Å²) < 4.78 is 7.44. The number of hydrogen-bond acceptors (Lipinski definition) is 5. The summed E-state index contributed by atoms with van der Waals surface area (Å²) >= 11 is 1.12. The van der Waals surface area contributed by atoms with E-state index in [1.807, 2.05) is 20.8 Å². The van der Waals surface area contributed by atoms with Gasteiger partial charge in [0.05, 0.1) is 16.8 Å². The lowest BCUT2D eigenvalue weighted by Gasteiger charge is -2.21. The molecule has 2 N–H and O–H groups in total. The lowest BCUT2D eigenvalue weighted by Crippen LogP contribution is -2.32. The number of fused-ring (bicyclic) bond motifs is 1. The summed E-state index contributed by atoms with van der Waals surface area (Å²) in [4.78, 5) is 36.6. The fraction of sp³-hybridized carbons (Fsp3) is 0.400. The average Bonchev–Trinajstić information content (AvgIpc) is 2.96. The number of rotatable bonds is 2. The van der Waals surface area contributed by atoms with Crippen LogP contribution in [0.5, 0.6) is 0 Å². The minimum atomic E-state index is -0.948. The van der Waals surface area contributed by atoms with Crippen LogP contribution in [0.3, 0.4) is 0 Å². The molecule has 0 aliphatic carbocycles. The maximum Gasteiger partial charge on any atom is 0.415 e. The number of thiazole rings is 1. The second-order valence-electron chi connectivity index (χ2n) is 6.41. The lowest BCUT2D eigenvalue weighted by atomic mass is 10.1. The first kappa shape index (κ1) is 15.5. The molecule has 7 nitrogen and oxygen atoms in total. The van der Waals surface area contributed by atoms with Crippen LogP contribution in [-0.4, -0.2) is 29.2 Å². The first-order valence-corrected chi connectivity index (χ1v) is 7.93. The predicted octanol–water partition coefficient (Wildman–Crippen LogP) is 1.63. The molecule has 1 saturated heterocycles. The summed E-state index contributed by atoms with van der Waals surface area (Å²) in [5, 5.41) is 0. The average molecular weight is 335 g/mol. The third-order valence-electron chi connectivity index (χ3n) is 3.68. The van der Waals surface area contributed by atoms with Crippen LogP contribution in [0.25, 0.3) is 10.2 Å². The summed E-state index contributed by atoms with van der Waals surface area (Å²) in [7, 11) is 0. The van der Waals surface area contributed by atoms with Crippen LogP contribution in [0.2, 0.25) is 0 Å². The number of benzene rings is 1. The third-order valence-corrected chi connectivity index (χ3v) is 4.58. The van der Waals surface area contributed by atoms with Crippen molar-refractivity contribution in [2.24, 2.45) is 5.73 Å². The van der Waals surface area contributed by atoms with Gasteiger partial charge < -0.3 is 10.5 Å². The monoisotopic (exact) mass is 335 g/mol. The van der Waals surface area contributed by atoms with Gasteiger partial charge in [-0.05, 0) is 39.0 Å². The standard InChI is InChI=1S/C15H17N3O4S/c1-15(2,3)18-9-5-4-8(6-11(9)23-14(18)21)17-7-10(12(16)19)22-13(17)20/h4-6,10H,7H2,1-3H3,(H2,16,19). The largest absolute Gasteiger partial charge is 0.434 e. The van der Waals surface area contributed by atoms with Crippen molar-refractivity contribution in [2.75, 3.05) is 11.4 Å². The van der Waals surface area contributed by atoms with Gasteiger partial charge in [-0.3, -0.25) is 19.1 Å². The Hall–Kier alpha value is -2.35. The molecule has 1 aliphatic rings. The predicted molar refractivity (Wildman–Crippen MR) is 87.9 cm³/mol. The summed E-state index contributed by atoms with van der Waals surface area (Å²) in [6.07, 6.45) is -1.56. The Bertz CT molecular complexity index is 862. The molecular weight excluding hydrogens is 318 g/mol.